The summed E-state index contributed by atoms with van der Waals surface area (Å²) in [4.78, 5) is 57.9. The van der Waals surface area contributed by atoms with Gasteiger partial charge in [-0.15, -0.1) is 0 Å². The summed E-state index contributed by atoms with van der Waals surface area (Å²) in [7, 11) is 0. The van der Waals surface area contributed by atoms with E-state index in [4.69, 9.17) is 11.6 Å². The molecule has 2 aliphatic rings. The molecule has 10 heteroatoms. The number of anilines is 1. The highest BCUT2D eigenvalue weighted by molar-refractivity contribution is 6.66. The Bertz CT molecular complexity index is 1220. The van der Waals surface area contributed by atoms with Crippen molar-refractivity contribution >= 4 is 40.2 Å². The van der Waals surface area contributed by atoms with Gasteiger partial charge in [0, 0.05) is 31.7 Å². The molecule has 3 amide bonds. The first-order valence-corrected chi connectivity index (χ1v) is 11.6. The van der Waals surface area contributed by atoms with Gasteiger partial charge in [-0.2, -0.15) is 0 Å². The highest BCUT2D eigenvalue weighted by Gasteiger charge is 2.36. The molecule has 1 aromatic heterocycles. The summed E-state index contributed by atoms with van der Waals surface area (Å²) in [5.74, 6) is 0.112. The Morgan fingerprint density at radius 3 is 2.36 bits per heavy atom. The van der Waals surface area contributed by atoms with E-state index in [9.17, 15) is 19.2 Å². The topological polar surface area (TPSA) is 97.0 Å². The second kappa shape index (κ2) is 9.74. The van der Waals surface area contributed by atoms with Crippen LogP contribution in [0.15, 0.2) is 44.9 Å². The molecule has 0 unspecified atom stereocenters. The van der Waals surface area contributed by atoms with Crippen LogP contribution in [0.3, 0.4) is 0 Å². The van der Waals surface area contributed by atoms with Gasteiger partial charge in [0.2, 0.25) is 0 Å². The number of aliphatic imine (C=N–C) groups is 1. The number of benzene rings is 1. The van der Waals surface area contributed by atoms with Gasteiger partial charge in [0.05, 0.1) is 5.56 Å². The minimum absolute atomic E-state index is 0.00994. The number of amides is 3. The Hall–Kier alpha value is -3.20. The summed E-state index contributed by atoms with van der Waals surface area (Å²) >= 11 is 6.06. The van der Waals surface area contributed by atoms with Gasteiger partial charge in [-0.25, -0.2) is 14.6 Å². The predicted octanol–water partition coefficient (Wildman–Crippen LogP) is 2.88. The molecule has 0 aliphatic carbocycles. The lowest BCUT2D eigenvalue weighted by atomic mass is 10.2. The molecule has 0 saturated carbocycles. The van der Waals surface area contributed by atoms with Crippen LogP contribution in [0, 0.1) is 0 Å². The number of nitrogens with zero attached hydrogens (tertiary/aromatic N) is 5. The second-order valence-electron chi connectivity index (χ2n) is 8.17. The van der Waals surface area contributed by atoms with Crippen molar-refractivity contribution in [3.05, 3.63) is 56.7 Å². The molecule has 174 valence electrons. The molecule has 2 aromatic rings. The highest BCUT2D eigenvalue weighted by atomic mass is 35.5. The van der Waals surface area contributed by atoms with Gasteiger partial charge >= 0.3 is 11.7 Å². The molecule has 0 radical (unpaired) electrons. The maximum absolute atomic E-state index is 13.0. The minimum Gasteiger partial charge on any atom is -0.285 e. The average Bonchev–Trinajstić information content (AvgIpc) is 3.33. The van der Waals surface area contributed by atoms with Crippen molar-refractivity contribution in [3.8, 4) is 0 Å². The molecule has 1 saturated heterocycles. The number of unbranched alkanes of at least 4 members (excludes halogenated alkanes) is 2. The Balaban J connectivity index is 1.43. The zero-order chi connectivity index (χ0) is 23.5. The summed E-state index contributed by atoms with van der Waals surface area (Å²) in [6.07, 6.45) is 2.87. The van der Waals surface area contributed by atoms with E-state index < -0.39 is 5.69 Å². The van der Waals surface area contributed by atoms with Crippen LogP contribution in [0.4, 0.5) is 16.3 Å². The van der Waals surface area contributed by atoms with Crippen molar-refractivity contribution < 1.29 is 9.59 Å². The van der Waals surface area contributed by atoms with E-state index in [0.717, 1.165) is 12.8 Å². The summed E-state index contributed by atoms with van der Waals surface area (Å²) < 4.78 is 2.75. The van der Waals surface area contributed by atoms with Crippen molar-refractivity contribution in [2.24, 2.45) is 4.99 Å². The van der Waals surface area contributed by atoms with E-state index in [-0.39, 0.29) is 43.6 Å². The number of aromatic nitrogens is 2. The zero-order valence-electron chi connectivity index (χ0n) is 18.5. The quantitative estimate of drug-likeness (QED) is 0.415. The summed E-state index contributed by atoms with van der Waals surface area (Å²) in [6.45, 7) is 2.94. The first-order chi connectivity index (χ1) is 15.9. The maximum atomic E-state index is 13.0. The van der Waals surface area contributed by atoms with Crippen molar-refractivity contribution in [1.82, 2.24) is 14.0 Å². The van der Waals surface area contributed by atoms with Crippen LogP contribution in [-0.2, 0) is 24.3 Å². The fraction of sp³-hybridized carbons (Fsp3) is 0.435. The Labute approximate surface area is 195 Å². The van der Waals surface area contributed by atoms with Gasteiger partial charge in [-0.05, 0) is 31.4 Å². The monoisotopic (exact) mass is 471 g/mol. The van der Waals surface area contributed by atoms with Crippen LogP contribution in [-0.4, -0.2) is 44.2 Å². The van der Waals surface area contributed by atoms with Gasteiger partial charge in [0.25, 0.3) is 11.5 Å². The van der Waals surface area contributed by atoms with Crippen LogP contribution < -0.4 is 16.1 Å². The molecule has 4 rings (SSSR count). The first kappa shape index (κ1) is 23.0. The molecule has 9 nitrogen and oxygen atoms in total. The van der Waals surface area contributed by atoms with Crippen molar-refractivity contribution in [3.63, 3.8) is 0 Å². The average molecular weight is 472 g/mol. The molecule has 0 spiro atoms. The molecule has 2 aliphatic heterocycles. The van der Waals surface area contributed by atoms with E-state index in [1.807, 2.05) is 25.1 Å². The third kappa shape index (κ3) is 4.50. The van der Waals surface area contributed by atoms with Crippen LogP contribution in [0.25, 0.3) is 0 Å². The number of imide groups is 1. The number of fused-ring (bicyclic) bond motifs is 1. The number of carbonyl (C=O) groups is 2. The number of carbonyl (C=O) groups excluding carboxylic acids is 2. The van der Waals surface area contributed by atoms with E-state index in [1.165, 1.54) is 18.9 Å². The van der Waals surface area contributed by atoms with Crippen molar-refractivity contribution in [2.45, 2.75) is 52.1 Å². The summed E-state index contributed by atoms with van der Waals surface area (Å²) in [5, 5.41) is 0.304. The van der Waals surface area contributed by atoms with E-state index in [1.54, 1.807) is 12.1 Å². The Kier molecular flexibility index (Phi) is 6.78. The van der Waals surface area contributed by atoms with E-state index >= 15 is 0 Å². The molecule has 1 fully saturated rings. The van der Waals surface area contributed by atoms with Gasteiger partial charge in [-0.3, -0.25) is 28.5 Å². The molecule has 0 atom stereocenters. The van der Waals surface area contributed by atoms with Crippen LogP contribution in [0.1, 0.15) is 38.2 Å². The van der Waals surface area contributed by atoms with Crippen LogP contribution >= 0.6 is 11.6 Å². The highest BCUT2D eigenvalue weighted by Crippen LogP contribution is 2.24. The molecule has 3 heterocycles. The lowest BCUT2D eigenvalue weighted by Gasteiger charge is -2.17. The van der Waals surface area contributed by atoms with Crippen LogP contribution in [0.2, 0.25) is 0 Å². The number of urea groups is 1. The third-order valence-electron chi connectivity index (χ3n) is 5.91. The zero-order valence-corrected chi connectivity index (χ0v) is 19.3. The molecule has 0 bridgehead atoms. The molecular formula is C23H26ClN5O4. The number of hydrogen-bond acceptors (Lipinski definition) is 5. The normalized spacial score (nSPS) is 15.4. The van der Waals surface area contributed by atoms with Crippen molar-refractivity contribution in [1.29, 1.82) is 0 Å². The Morgan fingerprint density at radius 2 is 1.64 bits per heavy atom. The minimum atomic E-state index is -0.397. The second-order valence-corrected chi connectivity index (χ2v) is 8.60. The van der Waals surface area contributed by atoms with Gasteiger partial charge in [0.1, 0.15) is 17.5 Å². The first-order valence-electron chi connectivity index (χ1n) is 11.2. The largest absolute Gasteiger partial charge is 0.332 e. The lowest BCUT2D eigenvalue weighted by Crippen LogP contribution is -2.41. The number of para-hydroxylation sites is 1. The predicted molar refractivity (Wildman–Crippen MR) is 127 cm³/mol. The summed E-state index contributed by atoms with van der Waals surface area (Å²) in [6, 6.07) is 8.70. The third-order valence-corrected chi connectivity index (χ3v) is 6.13. The molecule has 33 heavy (non-hydrogen) atoms. The smallest absolute Gasteiger partial charge is 0.285 e. The van der Waals surface area contributed by atoms with E-state index in [0.29, 0.717) is 41.6 Å². The fourth-order valence-corrected chi connectivity index (χ4v) is 4.37. The summed E-state index contributed by atoms with van der Waals surface area (Å²) in [5.41, 5.74) is 0.354. The van der Waals surface area contributed by atoms with Crippen LogP contribution in [0.5, 0.6) is 0 Å². The van der Waals surface area contributed by atoms with Gasteiger partial charge in [0.15, 0.2) is 0 Å². The van der Waals surface area contributed by atoms with E-state index in [2.05, 4.69) is 4.99 Å². The molecule has 0 N–H and O–H groups in total. The van der Waals surface area contributed by atoms with Crippen molar-refractivity contribution in [2.75, 3.05) is 18.0 Å². The number of rotatable bonds is 9. The lowest BCUT2D eigenvalue weighted by molar-refractivity contribution is -0.124. The standard InChI is InChI=1S/C23H26ClN5O4/c1-2-3-11-27-20-17(14-18(24)25-20)21(31)28(23(27)33)13-8-7-12-26-19(30)15-29(22(26)32)16-9-5-4-6-10-16/h4-6,9-10H,2-3,7-8,11-15H2,1H3. The molecular weight excluding hydrogens is 446 g/mol. The van der Waals surface area contributed by atoms with Gasteiger partial charge in [-0.1, -0.05) is 43.1 Å². The maximum Gasteiger partial charge on any atom is 0.332 e. The number of hydrogen-bond donors (Lipinski definition) is 0. The molecule has 1 aromatic carbocycles. The van der Waals surface area contributed by atoms with Gasteiger partial charge < -0.3 is 0 Å². The Morgan fingerprint density at radius 1 is 0.939 bits per heavy atom. The SMILES string of the molecule is CCCCn1c2c(c(=O)n(CCCCN3C(=O)CN(c4ccccc4)C3=O)c1=O)CC(Cl)=N2. The fourth-order valence-electron chi connectivity index (χ4n) is 4.15. The number of halogens is 1.